The van der Waals surface area contributed by atoms with Crippen molar-refractivity contribution in [3.8, 4) is 5.75 Å². The van der Waals surface area contributed by atoms with Gasteiger partial charge in [0.2, 0.25) is 0 Å². The monoisotopic (exact) mass is 290 g/mol. The molecular formula is C15H15ClN2O2. The Labute approximate surface area is 122 Å². The Balaban J connectivity index is 2.11. The van der Waals surface area contributed by atoms with Crippen LogP contribution in [0.1, 0.15) is 16.9 Å². The summed E-state index contributed by atoms with van der Waals surface area (Å²) in [6, 6.07) is 9.59. The summed E-state index contributed by atoms with van der Waals surface area (Å²) >= 11 is 5.80. The molecule has 0 N–H and O–H groups in total. The van der Waals surface area contributed by atoms with Gasteiger partial charge in [-0.15, -0.1) is 11.6 Å². The first-order chi connectivity index (χ1) is 9.69. The minimum absolute atomic E-state index is 0.0920. The molecule has 1 atom stereocenters. The van der Waals surface area contributed by atoms with Crippen LogP contribution in [0.5, 0.6) is 5.75 Å². The highest BCUT2D eigenvalue weighted by molar-refractivity contribution is 6.17. The van der Waals surface area contributed by atoms with E-state index in [2.05, 4.69) is 4.98 Å². The van der Waals surface area contributed by atoms with Gasteiger partial charge in [0, 0.05) is 18.3 Å². The predicted octanol–water partition coefficient (Wildman–Crippen LogP) is 2.70. The lowest BCUT2D eigenvalue weighted by Crippen LogP contribution is -2.34. The van der Waals surface area contributed by atoms with Crippen LogP contribution in [-0.4, -0.2) is 41.4 Å². The van der Waals surface area contributed by atoms with E-state index in [0.29, 0.717) is 30.3 Å². The summed E-state index contributed by atoms with van der Waals surface area (Å²) in [5.41, 5.74) is 1.18. The largest absolute Gasteiger partial charge is 0.486 e. The third-order valence-corrected chi connectivity index (χ3v) is 3.66. The van der Waals surface area contributed by atoms with Crippen molar-refractivity contribution in [2.24, 2.45) is 0 Å². The molecule has 0 radical (unpaired) electrons. The van der Waals surface area contributed by atoms with E-state index < -0.39 is 0 Å². The molecule has 1 aromatic heterocycles. The van der Waals surface area contributed by atoms with E-state index in [0.717, 1.165) is 10.9 Å². The average molecular weight is 291 g/mol. The minimum Gasteiger partial charge on any atom is -0.486 e. The highest BCUT2D eigenvalue weighted by Crippen LogP contribution is 2.28. The molecule has 2 heterocycles. The lowest BCUT2D eigenvalue weighted by Gasteiger charge is -2.19. The second-order valence-electron chi connectivity index (χ2n) is 4.93. The first-order valence-electron chi connectivity index (χ1n) is 6.57. The van der Waals surface area contributed by atoms with E-state index in [1.807, 2.05) is 30.3 Å². The van der Waals surface area contributed by atoms with Gasteiger partial charge in [-0.25, -0.2) is 4.98 Å². The summed E-state index contributed by atoms with van der Waals surface area (Å²) in [4.78, 5) is 18.5. The minimum atomic E-state index is -0.108. The van der Waals surface area contributed by atoms with Gasteiger partial charge in [0.05, 0.1) is 12.1 Å². The fourth-order valence-electron chi connectivity index (χ4n) is 2.40. The summed E-state index contributed by atoms with van der Waals surface area (Å²) < 4.78 is 5.94. The van der Waals surface area contributed by atoms with Gasteiger partial charge in [-0.05, 0) is 18.6 Å². The molecule has 5 heteroatoms. The van der Waals surface area contributed by atoms with E-state index in [1.54, 1.807) is 11.9 Å². The number of hydrogen-bond donors (Lipinski definition) is 0. The van der Waals surface area contributed by atoms with Gasteiger partial charge >= 0.3 is 0 Å². The molecule has 0 bridgehead atoms. The summed E-state index contributed by atoms with van der Waals surface area (Å²) in [6.07, 6.45) is 0.608. The van der Waals surface area contributed by atoms with Gasteiger partial charge in [0.25, 0.3) is 5.91 Å². The first-order valence-corrected chi connectivity index (χ1v) is 7.10. The Hall–Kier alpha value is -1.81. The van der Waals surface area contributed by atoms with E-state index in [1.165, 1.54) is 0 Å². The Kier molecular flexibility index (Phi) is 3.49. The number of carbonyl (C=O) groups is 1. The quantitative estimate of drug-likeness (QED) is 0.799. The number of likely N-dealkylation sites (N-methyl/N-ethyl adjacent to an activating group) is 1. The molecular weight excluding hydrogens is 276 g/mol. The van der Waals surface area contributed by atoms with Gasteiger partial charge < -0.3 is 9.64 Å². The maximum Gasteiger partial charge on any atom is 0.276 e. The van der Waals surface area contributed by atoms with Gasteiger partial charge in [0.15, 0.2) is 11.4 Å². The number of aromatic nitrogens is 1. The summed E-state index contributed by atoms with van der Waals surface area (Å²) in [7, 11) is 1.76. The van der Waals surface area contributed by atoms with Crippen LogP contribution in [-0.2, 0) is 0 Å². The lowest BCUT2D eigenvalue weighted by molar-refractivity contribution is 0.0755. The standard InChI is InChI=1S/C15H15ClN2O2/c1-18-9-11(6-7-16)20-13-8-10-4-2-3-5-12(10)17-14(13)15(18)19/h2-5,8,11H,6-7,9H2,1H3. The van der Waals surface area contributed by atoms with Crippen molar-refractivity contribution >= 4 is 28.4 Å². The zero-order valence-electron chi connectivity index (χ0n) is 11.2. The molecule has 3 rings (SSSR count). The Morgan fingerprint density at radius 3 is 3.05 bits per heavy atom. The van der Waals surface area contributed by atoms with Crippen LogP contribution >= 0.6 is 11.6 Å². The van der Waals surface area contributed by atoms with Crippen LogP contribution in [0.25, 0.3) is 10.9 Å². The number of pyridine rings is 1. The maximum atomic E-state index is 12.4. The number of amides is 1. The Morgan fingerprint density at radius 1 is 1.45 bits per heavy atom. The Morgan fingerprint density at radius 2 is 2.25 bits per heavy atom. The second-order valence-corrected chi connectivity index (χ2v) is 5.31. The normalized spacial score (nSPS) is 18.6. The summed E-state index contributed by atoms with van der Waals surface area (Å²) in [5, 5.41) is 0.966. The summed E-state index contributed by atoms with van der Waals surface area (Å²) in [5.74, 6) is 0.944. The predicted molar refractivity (Wildman–Crippen MR) is 78.5 cm³/mol. The van der Waals surface area contributed by atoms with Crippen molar-refractivity contribution < 1.29 is 9.53 Å². The van der Waals surface area contributed by atoms with Crippen LogP contribution < -0.4 is 4.74 Å². The van der Waals surface area contributed by atoms with E-state index in [-0.39, 0.29) is 12.0 Å². The van der Waals surface area contributed by atoms with Crippen molar-refractivity contribution in [2.75, 3.05) is 19.5 Å². The smallest absolute Gasteiger partial charge is 0.276 e. The van der Waals surface area contributed by atoms with E-state index in [9.17, 15) is 4.79 Å². The molecule has 1 aliphatic rings. The van der Waals surface area contributed by atoms with Crippen LogP contribution in [0.3, 0.4) is 0 Å². The molecule has 4 nitrogen and oxygen atoms in total. The first kappa shape index (κ1) is 13.2. The molecule has 1 amide bonds. The molecule has 1 unspecified atom stereocenters. The number of fused-ring (bicyclic) bond motifs is 2. The highest BCUT2D eigenvalue weighted by atomic mass is 35.5. The van der Waals surface area contributed by atoms with Crippen LogP contribution in [0, 0.1) is 0 Å². The second kappa shape index (κ2) is 5.29. The van der Waals surface area contributed by atoms with Gasteiger partial charge in [-0.2, -0.15) is 0 Å². The molecule has 2 aromatic rings. The SMILES string of the molecule is CN1CC(CCCl)Oc2cc3ccccc3nc2C1=O. The molecule has 1 aliphatic heterocycles. The number of nitrogens with zero attached hydrogens (tertiary/aromatic N) is 2. The lowest BCUT2D eigenvalue weighted by atomic mass is 10.2. The fourth-order valence-corrected chi connectivity index (χ4v) is 2.64. The number of para-hydroxylation sites is 1. The molecule has 104 valence electrons. The maximum absolute atomic E-state index is 12.4. The average Bonchev–Trinajstić information content (AvgIpc) is 2.55. The van der Waals surface area contributed by atoms with Crippen molar-refractivity contribution in [1.29, 1.82) is 0 Å². The topological polar surface area (TPSA) is 42.4 Å². The number of alkyl halides is 1. The number of rotatable bonds is 2. The number of benzene rings is 1. The van der Waals surface area contributed by atoms with Crippen LogP contribution in [0.2, 0.25) is 0 Å². The van der Waals surface area contributed by atoms with Crippen LogP contribution in [0.15, 0.2) is 30.3 Å². The number of halogens is 1. The van der Waals surface area contributed by atoms with Gasteiger partial charge in [-0.1, -0.05) is 18.2 Å². The highest BCUT2D eigenvalue weighted by Gasteiger charge is 2.28. The Bertz CT molecular complexity index is 659. The molecule has 0 spiro atoms. The third-order valence-electron chi connectivity index (χ3n) is 3.44. The van der Waals surface area contributed by atoms with Crippen molar-refractivity contribution in [3.05, 3.63) is 36.0 Å². The molecule has 0 aliphatic carbocycles. The van der Waals surface area contributed by atoms with Crippen LogP contribution in [0.4, 0.5) is 0 Å². The molecule has 0 saturated carbocycles. The molecule has 0 saturated heterocycles. The third kappa shape index (κ3) is 2.31. The van der Waals surface area contributed by atoms with E-state index in [4.69, 9.17) is 16.3 Å². The van der Waals surface area contributed by atoms with Crippen molar-refractivity contribution in [3.63, 3.8) is 0 Å². The summed E-state index contributed by atoms with van der Waals surface area (Å²) in [6.45, 7) is 0.526. The zero-order valence-corrected chi connectivity index (χ0v) is 11.9. The molecule has 0 fully saturated rings. The number of carbonyl (C=O) groups excluding carboxylic acids is 1. The van der Waals surface area contributed by atoms with Gasteiger partial charge in [0.1, 0.15) is 6.10 Å². The van der Waals surface area contributed by atoms with Crippen molar-refractivity contribution in [2.45, 2.75) is 12.5 Å². The number of hydrogen-bond acceptors (Lipinski definition) is 3. The van der Waals surface area contributed by atoms with E-state index >= 15 is 0 Å². The number of ether oxygens (including phenoxy) is 1. The van der Waals surface area contributed by atoms with Crippen molar-refractivity contribution in [1.82, 2.24) is 9.88 Å². The molecule has 20 heavy (non-hydrogen) atoms. The fraction of sp³-hybridized carbons (Fsp3) is 0.333. The zero-order chi connectivity index (χ0) is 14.1. The molecule has 1 aromatic carbocycles. The van der Waals surface area contributed by atoms with Gasteiger partial charge in [-0.3, -0.25) is 4.79 Å².